The van der Waals surface area contributed by atoms with Crippen LogP contribution in [0.25, 0.3) is 0 Å². The van der Waals surface area contributed by atoms with Crippen molar-refractivity contribution in [1.82, 2.24) is 15.5 Å². The minimum Gasteiger partial charge on any atom is -0.396 e. The summed E-state index contributed by atoms with van der Waals surface area (Å²) in [5, 5.41) is 15.3. The molecule has 8 heteroatoms. The number of nitrogens with zero attached hydrogens (tertiary/aromatic N) is 1. The number of rotatable bonds is 11. The molecule has 6 atom stereocenters. The summed E-state index contributed by atoms with van der Waals surface area (Å²) < 4.78 is 6.59. The van der Waals surface area contributed by atoms with Crippen LogP contribution in [0.4, 0.5) is 0 Å². The predicted octanol–water partition coefficient (Wildman–Crippen LogP) is 1.21. The van der Waals surface area contributed by atoms with E-state index in [1.54, 1.807) is 4.90 Å². The number of amides is 3. The highest BCUT2D eigenvalue weighted by atomic mass is 16.5. The standard InChI is InChI=1S/C23H39N3O5/c1-5-7-8-11-25-20(29)18-23-14-15(3)22(4,31-23)16(19(28)24-10-6-2)17(23)21(30)26(18)12-9-13-27/h15-18,27H,5-14H2,1-4H3,(H,24,28)(H,25,29)/t15?,16-,17-,18?,22+,23?/m0/s1. The lowest BCUT2D eigenvalue weighted by atomic mass is 9.62. The number of nitrogens with one attached hydrogen (secondary N) is 2. The third-order valence-electron chi connectivity index (χ3n) is 7.53. The SMILES string of the molecule is CCCCCNC(=O)C1N(CCCO)C(=O)[C@@H]2[C@@H](C(=O)NCCC)[C@]3(C)OC12CC3C. The minimum absolute atomic E-state index is 0.0436. The van der Waals surface area contributed by atoms with Crippen LogP contribution in [0, 0.1) is 17.8 Å². The molecular weight excluding hydrogens is 398 g/mol. The van der Waals surface area contributed by atoms with Gasteiger partial charge >= 0.3 is 0 Å². The number of likely N-dealkylation sites (tertiary alicyclic amines) is 1. The summed E-state index contributed by atoms with van der Waals surface area (Å²) in [6.07, 6.45) is 4.72. The molecule has 31 heavy (non-hydrogen) atoms. The molecule has 0 aliphatic carbocycles. The lowest BCUT2D eigenvalue weighted by Crippen LogP contribution is -2.56. The molecule has 8 nitrogen and oxygen atoms in total. The second-order valence-electron chi connectivity index (χ2n) is 9.60. The average Bonchev–Trinajstić information content (AvgIpc) is 3.24. The van der Waals surface area contributed by atoms with Crippen LogP contribution in [0.3, 0.4) is 0 Å². The first kappa shape index (κ1) is 24.0. The quantitative estimate of drug-likeness (QED) is 0.421. The van der Waals surface area contributed by atoms with E-state index < -0.39 is 29.1 Å². The molecule has 3 aliphatic rings. The summed E-state index contributed by atoms with van der Waals surface area (Å²) in [7, 11) is 0. The number of fused-ring (bicyclic) bond motifs is 1. The van der Waals surface area contributed by atoms with Crippen LogP contribution in [0.15, 0.2) is 0 Å². The van der Waals surface area contributed by atoms with Gasteiger partial charge in [-0.05, 0) is 38.5 Å². The number of carbonyl (C=O) groups is 3. The van der Waals surface area contributed by atoms with Gasteiger partial charge in [-0.25, -0.2) is 0 Å². The molecule has 3 N–H and O–H groups in total. The first-order valence-corrected chi connectivity index (χ1v) is 11.9. The van der Waals surface area contributed by atoms with Gasteiger partial charge in [0.05, 0.1) is 17.4 Å². The first-order valence-electron chi connectivity index (χ1n) is 11.9. The van der Waals surface area contributed by atoms with Crippen molar-refractivity contribution in [3.8, 4) is 0 Å². The van der Waals surface area contributed by atoms with Gasteiger partial charge in [0, 0.05) is 26.2 Å². The van der Waals surface area contributed by atoms with Crippen LogP contribution < -0.4 is 10.6 Å². The summed E-state index contributed by atoms with van der Waals surface area (Å²) in [5.41, 5.74) is -1.77. The molecule has 0 aromatic carbocycles. The Labute approximate surface area is 185 Å². The van der Waals surface area contributed by atoms with Crippen LogP contribution in [0.1, 0.15) is 66.2 Å². The van der Waals surface area contributed by atoms with E-state index in [1.807, 2.05) is 20.8 Å². The van der Waals surface area contributed by atoms with Gasteiger partial charge in [0.25, 0.3) is 0 Å². The monoisotopic (exact) mass is 437 g/mol. The van der Waals surface area contributed by atoms with Crippen LogP contribution in [-0.4, -0.2) is 71.2 Å². The van der Waals surface area contributed by atoms with Gasteiger partial charge in [0.1, 0.15) is 11.6 Å². The molecule has 3 unspecified atom stereocenters. The van der Waals surface area contributed by atoms with E-state index >= 15 is 0 Å². The smallest absolute Gasteiger partial charge is 0.245 e. The maximum absolute atomic E-state index is 13.6. The summed E-state index contributed by atoms with van der Waals surface area (Å²) >= 11 is 0. The molecule has 0 saturated carbocycles. The summed E-state index contributed by atoms with van der Waals surface area (Å²) in [6, 6.07) is -0.772. The van der Waals surface area contributed by atoms with E-state index in [0.717, 1.165) is 25.7 Å². The predicted molar refractivity (Wildman–Crippen MR) is 116 cm³/mol. The number of unbranched alkanes of at least 4 members (excludes halogenated alkanes) is 2. The van der Waals surface area contributed by atoms with E-state index in [1.165, 1.54) is 0 Å². The van der Waals surface area contributed by atoms with E-state index in [0.29, 0.717) is 25.9 Å². The zero-order valence-corrected chi connectivity index (χ0v) is 19.4. The summed E-state index contributed by atoms with van der Waals surface area (Å²) in [5.74, 6) is -1.82. The molecule has 176 valence electrons. The topological polar surface area (TPSA) is 108 Å². The Morgan fingerprint density at radius 1 is 1.13 bits per heavy atom. The summed E-state index contributed by atoms with van der Waals surface area (Å²) in [6.45, 7) is 9.36. The molecule has 2 bridgehead atoms. The lowest BCUT2D eigenvalue weighted by Gasteiger charge is -2.36. The highest BCUT2D eigenvalue weighted by Crippen LogP contribution is 2.65. The Morgan fingerprint density at radius 2 is 1.84 bits per heavy atom. The number of aliphatic hydroxyl groups is 1. The first-order chi connectivity index (χ1) is 14.8. The molecule has 3 saturated heterocycles. The Kier molecular flexibility index (Phi) is 7.31. The molecule has 0 aromatic heterocycles. The van der Waals surface area contributed by atoms with E-state index in [2.05, 4.69) is 17.6 Å². The number of hydrogen-bond acceptors (Lipinski definition) is 5. The van der Waals surface area contributed by atoms with Gasteiger partial charge in [-0.2, -0.15) is 0 Å². The van der Waals surface area contributed by atoms with Gasteiger partial charge in [0.2, 0.25) is 17.7 Å². The minimum atomic E-state index is -0.996. The molecule has 1 spiro atoms. The molecule has 3 rings (SSSR count). The maximum atomic E-state index is 13.6. The Morgan fingerprint density at radius 3 is 2.48 bits per heavy atom. The van der Waals surface area contributed by atoms with Crippen molar-refractivity contribution in [3.05, 3.63) is 0 Å². The van der Waals surface area contributed by atoms with E-state index in [4.69, 9.17) is 4.74 Å². The third-order valence-corrected chi connectivity index (χ3v) is 7.53. The number of ether oxygens (including phenoxy) is 1. The zero-order chi connectivity index (χ0) is 22.8. The molecule has 3 fully saturated rings. The largest absolute Gasteiger partial charge is 0.396 e. The second kappa shape index (κ2) is 9.45. The van der Waals surface area contributed by atoms with Crippen LogP contribution >= 0.6 is 0 Å². The fourth-order valence-electron chi connectivity index (χ4n) is 5.96. The highest BCUT2D eigenvalue weighted by molar-refractivity contribution is 5.99. The van der Waals surface area contributed by atoms with Crippen molar-refractivity contribution in [1.29, 1.82) is 0 Å². The van der Waals surface area contributed by atoms with Crippen molar-refractivity contribution in [2.24, 2.45) is 17.8 Å². The van der Waals surface area contributed by atoms with Crippen molar-refractivity contribution in [2.45, 2.75) is 83.5 Å². The number of aliphatic hydroxyl groups excluding tert-OH is 1. The van der Waals surface area contributed by atoms with Crippen molar-refractivity contribution < 1.29 is 24.2 Å². The van der Waals surface area contributed by atoms with E-state index in [9.17, 15) is 19.5 Å². The van der Waals surface area contributed by atoms with Gasteiger partial charge in [-0.1, -0.05) is 33.6 Å². The van der Waals surface area contributed by atoms with Gasteiger partial charge < -0.3 is 25.4 Å². The van der Waals surface area contributed by atoms with Gasteiger partial charge in [-0.15, -0.1) is 0 Å². The Bertz CT molecular complexity index is 701. The fraction of sp³-hybridized carbons (Fsp3) is 0.870. The van der Waals surface area contributed by atoms with Crippen LogP contribution in [0.2, 0.25) is 0 Å². The third kappa shape index (κ3) is 3.86. The molecule has 0 radical (unpaired) electrons. The number of carbonyl (C=O) groups excluding carboxylic acids is 3. The molecule has 3 aliphatic heterocycles. The number of hydrogen-bond donors (Lipinski definition) is 3. The van der Waals surface area contributed by atoms with E-state index in [-0.39, 0.29) is 36.8 Å². The van der Waals surface area contributed by atoms with Crippen LogP contribution in [-0.2, 0) is 19.1 Å². The van der Waals surface area contributed by atoms with Crippen molar-refractivity contribution in [2.75, 3.05) is 26.2 Å². The normalized spacial score (nSPS) is 36.0. The molecule has 3 amide bonds. The lowest BCUT2D eigenvalue weighted by molar-refractivity contribution is -0.147. The van der Waals surface area contributed by atoms with Crippen molar-refractivity contribution >= 4 is 17.7 Å². The Hall–Kier alpha value is -1.67. The average molecular weight is 438 g/mol. The molecular formula is C23H39N3O5. The van der Waals surface area contributed by atoms with Gasteiger partial charge in [0.15, 0.2) is 0 Å². The molecule has 0 aromatic rings. The van der Waals surface area contributed by atoms with Gasteiger partial charge in [-0.3, -0.25) is 14.4 Å². The maximum Gasteiger partial charge on any atom is 0.245 e. The second-order valence-corrected chi connectivity index (χ2v) is 9.60. The highest BCUT2D eigenvalue weighted by Gasteiger charge is 2.79. The fourth-order valence-corrected chi connectivity index (χ4v) is 5.96. The zero-order valence-electron chi connectivity index (χ0n) is 19.4. The Balaban J connectivity index is 1.94. The van der Waals surface area contributed by atoms with Crippen LogP contribution in [0.5, 0.6) is 0 Å². The summed E-state index contributed by atoms with van der Waals surface area (Å²) in [4.78, 5) is 41.7. The molecule has 3 heterocycles. The van der Waals surface area contributed by atoms with Crippen molar-refractivity contribution in [3.63, 3.8) is 0 Å².